The van der Waals surface area contributed by atoms with Gasteiger partial charge in [-0.25, -0.2) is 0 Å². The molecule has 0 aliphatic carbocycles. The van der Waals surface area contributed by atoms with E-state index in [9.17, 15) is 4.79 Å². The molecule has 0 atom stereocenters. The number of halogens is 1. The zero-order valence-electron chi connectivity index (χ0n) is 13.3. The summed E-state index contributed by atoms with van der Waals surface area (Å²) in [6, 6.07) is 15.7. The maximum atomic E-state index is 12.6. The van der Waals surface area contributed by atoms with E-state index < -0.39 is 0 Å². The lowest BCUT2D eigenvalue weighted by Gasteiger charge is -2.35. The highest BCUT2D eigenvalue weighted by Gasteiger charge is 2.23. The summed E-state index contributed by atoms with van der Waals surface area (Å²) in [7, 11) is 0. The van der Waals surface area contributed by atoms with E-state index in [1.807, 2.05) is 54.3 Å². The molecule has 0 bridgehead atoms. The maximum Gasteiger partial charge on any atom is 0.254 e. The van der Waals surface area contributed by atoms with Gasteiger partial charge in [0.15, 0.2) is 0 Å². The highest BCUT2D eigenvalue weighted by molar-refractivity contribution is 6.31. The van der Waals surface area contributed by atoms with Crippen LogP contribution in [-0.4, -0.2) is 41.9 Å². The lowest BCUT2D eigenvalue weighted by Crippen LogP contribution is -2.48. The molecule has 3 rings (SSSR count). The predicted octanol–water partition coefficient (Wildman–Crippen LogP) is 3.61. The molecule has 0 unspecified atom stereocenters. The van der Waals surface area contributed by atoms with Crippen LogP contribution in [0, 0.1) is 6.92 Å². The zero-order valence-corrected chi connectivity index (χ0v) is 14.1. The molecule has 0 aromatic heterocycles. The number of amides is 1. The van der Waals surface area contributed by atoms with Crippen LogP contribution in [0.2, 0.25) is 5.02 Å². The fourth-order valence-corrected chi connectivity index (χ4v) is 3.16. The van der Waals surface area contributed by atoms with Crippen LogP contribution < -0.4 is 0 Å². The first kappa shape index (κ1) is 16.0. The molecule has 4 heteroatoms. The van der Waals surface area contributed by atoms with E-state index in [-0.39, 0.29) is 5.91 Å². The van der Waals surface area contributed by atoms with Crippen molar-refractivity contribution in [3.05, 3.63) is 70.2 Å². The second-order valence-electron chi connectivity index (χ2n) is 5.97. The second-order valence-corrected chi connectivity index (χ2v) is 6.38. The highest BCUT2D eigenvalue weighted by Crippen LogP contribution is 2.19. The summed E-state index contributed by atoms with van der Waals surface area (Å²) in [5, 5.41) is 0.811. The minimum absolute atomic E-state index is 0.139. The molecular formula is C19H21ClN2O. The maximum absolute atomic E-state index is 12.6. The molecule has 1 saturated heterocycles. The third-order valence-corrected chi connectivity index (χ3v) is 4.76. The van der Waals surface area contributed by atoms with Crippen molar-refractivity contribution in [3.63, 3.8) is 0 Å². The molecule has 1 amide bonds. The topological polar surface area (TPSA) is 23.6 Å². The normalized spacial score (nSPS) is 15.7. The van der Waals surface area contributed by atoms with Crippen molar-refractivity contribution in [1.29, 1.82) is 0 Å². The molecule has 1 heterocycles. The lowest BCUT2D eigenvalue weighted by atomic mass is 10.1. The van der Waals surface area contributed by atoms with Crippen molar-refractivity contribution in [2.45, 2.75) is 13.5 Å². The molecule has 0 saturated carbocycles. The summed E-state index contributed by atoms with van der Waals surface area (Å²) >= 11 is 6.23. The van der Waals surface area contributed by atoms with Crippen molar-refractivity contribution < 1.29 is 4.79 Å². The van der Waals surface area contributed by atoms with Gasteiger partial charge in [0, 0.05) is 43.3 Å². The second kappa shape index (κ2) is 7.16. The highest BCUT2D eigenvalue weighted by atomic mass is 35.5. The Morgan fingerprint density at radius 1 is 1.00 bits per heavy atom. The number of rotatable bonds is 3. The van der Waals surface area contributed by atoms with Crippen molar-refractivity contribution in [2.75, 3.05) is 26.2 Å². The first-order chi connectivity index (χ1) is 11.1. The summed E-state index contributed by atoms with van der Waals surface area (Å²) in [6.07, 6.45) is 0. The van der Waals surface area contributed by atoms with Crippen LogP contribution in [0.5, 0.6) is 0 Å². The number of piperazine rings is 1. The number of hydrogen-bond donors (Lipinski definition) is 0. The Labute approximate surface area is 142 Å². The molecule has 1 aliphatic rings. The van der Waals surface area contributed by atoms with Crippen molar-refractivity contribution in [2.24, 2.45) is 0 Å². The van der Waals surface area contributed by atoms with Crippen LogP contribution in [0.15, 0.2) is 48.5 Å². The monoisotopic (exact) mass is 328 g/mol. The van der Waals surface area contributed by atoms with E-state index in [0.717, 1.165) is 54.4 Å². The average molecular weight is 329 g/mol. The Morgan fingerprint density at radius 3 is 2.35 bits per heavy atom. The molecular weight excluding hydrogens is 308 g/mol. The van der Waals surface area contributed by atoms with Crippen LogP contribution in [-0.2, 0) is 6.54 Å². The SMILES string of the molecule is Cc1ccccc1C(=O)N1CCN(Cc2ccccc2Cl)CC1. The van der Waals surface area contributed by atoms with Gasteiger partial charge in [0.25, 0.3) is 5.91 Å². The van der Waals surface area contributed by atoms with Crippen molar-refractivity contribution in [1.82, 2.24) is 9.80 Å². The number of carbonyl (C=O) groups is 1. The van der Waals surface area contributed by atoms with Crippen molar-refractivity contribution in [3.8, 4) is 0 Å². The molecule has 23 heavy (non-hydrogen) atoms. The molecule has 1 aliphatic heterocycles. The molecule has 1 fully saturated rings. The number of nitrogens with zero attached hydrogens (tertiary/aromatic N) is 2. The number of carbonyl (C=O) groups excluding carboxylic acids is 1. The predicted molar refractivity (Wildman–Crippen MR) is 93.8 cm³/mol. The fourth-order valence-electron chi connectivity index (χ4n) is 2.96. The van der Waals surface area contributed by atoms with E-state index in [1.54, 1.807) is 0 Å². The molecule has 2 aromatic carbocycles. The van der Waals surface area contributed by atoms with Gasteiger partial charge in [-0.05, 0) is 30.2 Å². The van der Waals surface area contributed by atoms with Gasteiger partial charge in [0.1, 0.15) is 0 Å². The molecule has 3 nitrogen and oxygen atoms in total. The minimum Gasteiger partial charge on any atom is -0.336 e. The summed E-state index contributed by atoms with van der Waals surface area (Å²) in [4.78, 5) is 16.9. The zero-order chi connectivity index (χ0) is 16.2. The van der Waals surface area contributed by atoms with Crippen LogP contribution in [0.3, 0.4) is 0 Å². The summed E-state index contributed by atoms with van der Waals surface area (Å²) in [5.74, 6) is 0.139. The summed E-state index contributed by atoms with van der Waals surface area (Å²) in [5.41, 5.74) is 3.00. The largest absolute Gasteiger partial charge is 0.336 e. The van der Waals surface area contributed by atoms with Gasteiger partial charge in [0.05, 0.1) is 0 Å². The average Bonchev–Trinajstić information content (AvgIpc) is 2.57. The van der Waals surface area contributed by atoms with Gasteiger partial charge >= 0.3 is 0 Å². The number of benzene rings is 2. The van der Waals surface area contributed by atoms with E-state index in [2.05, 4.69) is 11.0 Å². The summed E-state index contributed by atoms with van der Waals surface area (Å²) in [6.45, 7) is 6.11. The van der Waals surface area contributed by atoms with E-state index in [0.29, 0.717) is 0 Å². The van der Waals surface area contributed by atoms with Crippen LogP contribution in [0.4, 0.5) is 0 Å². The quantitative estimate of drug-likeness (QED) is 0.859. The van der Waals surface area contributed by atoms with Gasteiger partial charge < -0.3 is 4.90 Å². The molecule has 0 spiro atoms. The molecule has 0 radical (unpaired) electrons. The Bertz CT molecular complexity index is 693. The van der Waals surface area contributed by atoms with Gasteiger partial charge in [-0.1, -0.05) is 48.0 Å². The number of aryl methyl sites for hydroxylation is 1. The molecule has 120 valence electrons. The third-order valence-electron chi connectivity index (χ3n) is 4.39. The lowest BCUT2D eigenvalue weighted by molar-refractivity contribution is 0.0628. The van der Waals surface area contributed by atoms with E-state index in [1.165, 1.54) is 0 Å². The molecule has 0 N–H and O–H groups in total. The smallest absolute Gasteiger partial charge is 0.254 e. The van der Waals surface area contributed by atoms with E-state index in [4.69, 9.17) is 11.6 Å². The standard InChI is InChI=1S/C19H21ClN2O/c1-15-6-2-4-8-17(15)19(23)22-12-10-21(11-13-22)14-16-7-3-5-9-18(16)20/h2-9H,10-14H2,1H3. The Kier molecular flexibility index (Phi) is 4.99. The number of hydrogen-bond acceptors (Lipinski definition) is 2. The van der Waals surface area contributed by atoms with Crippen LogP contribution in [0.25, 0.3) is 0 Å². The van der Waals surface area contributed by atoms with Gasteiger partial charge in [-0.2, -0.15) is 0 Å². The third kappa shape index (κ3) is 3.74. The van der Waals surface area contributed by atoms with E-state index >= 15 is 0 Å². The molecule has 2 aromatic rings. The Morgan fingerprint density at radius 2 is 1.65 bits per heavy atom. The van der Waals surface area contributed by atoms with Crippen molar-refractivity contribution >= 4 is 17.5 Å². The first-order valence-corrected chi connectivity index (χ1v) is 8.33. The van der Waals surface area contributed by atoms with Crippen LogP contribution in [0.1, 0.15) is 21.5 Å². The van der Waals surface area contributed by atoms with Gasteiger partial charge in [0.2, 0.25) is 0 Å². The fraction of sp³-hybridized carbons (Fsp3) is 0.316. The van der Waals surface area contributed by atoms with Gasteiger partial charge in [-0.3, -0.25) is 9.69 Å². The van der Waals surface area contributed by atoms with Crippen LogP contribution >= 0.6 is 11.6 Å². The summed E-state index contributed by atoms with van der Waals surface area (Å²) < 4.78 is 0. The Hall–Kier alpha value is -1.84. The minimum atomic E-state index is 0.139. The van der Waals surface area contributed by atoms with Gasteiger partial charge in [-0.15, -0.1) is 0 Å². The first-order valence-electron chi connectivity index (χ1n) is 7.96. The Balaban J connectivity index is 1.59.